The maximum atomic E-state index is 5.80. The van der Waals surface area contributed by atoms with Crippen molar-refractivity contribution in [3.05, 3.63) is 41.7 Å². The molecule has 0 saturated carbocycles. The molecule has 1 heterocycles. The summed E-state index contributed by atoms with van der Waals surface area (Å²) in [7, 11) is 0. The van der Waals surface area contributed by atoms with Crippen molar-refractivity contribution >= 4 is 17.0 Å². The third-order valence-corrected chi connectivity index (χ3v) is 2.78. The smallest absolute Gasteiger partial charge is 0.137 e. The molecule has 1 N–H and O–H groups in total. The van der Waals surface area contributed by atoms with Gasteiger partial charge in [0, 0.05) is 5.39 Å². The lowest BCUT2D eigenvalue weighted by molar-refractivity contribution is 0.601. The van der Waals surface area contributed by atoms with Crippen molar-refractivity contribution in [1.82, 2.24) is 5.32 Å². The van der Waals surface area contributed by atoms with Gasteiger partial charge in [0.25, 0.3) is 0 Å². The van der Waals surface area contributed by atoms with Gasteiger partial charge in [-0.15, -0.1) is 0 Å². The molecule has 0 atom stereocenters. The van der Waals surface area contributed by atoms with E-state index in [1.165, 1.54) is 10.9 Å². The second kappa shape index (κ2) is 5.69. The van der Waals surface area contributed by atoms with E-state index in [1.54, 1.807) is 0 Å². The van der Waals surface area contributed by atoms with Crippen LogP contribution in [0, 0.1) is 6.92 Å². The fourth-order valence-electron chi connectivity index (χ4n) is 1.87. The van der Waals surface area contributed by atoms with Gasteiger partial charge >= 0.3 is 0 Å². The lowest BCUT2D eigenvalue weighted by Crippen LogP contribution is -2.12. The van der Waals surface area contributed by atoms with E-state index in [0.29, 0.717) is 0 Å². The fraction of sp³-hybridized carbons (Fsp3) is 0.333. The highest BCUT2D eigenvalue weighted by atomic mass is 16.3. The van der Waals surface area contributed by atoms with Crippen molar-refractivity contribution in [3.63, 3.8) is 0 Å². The molecule has 0 aliphatic carbocycles. The molecule has 0 aliphatic heterocycles. The minimum atomic E-state index is 0.936. The summed E-state index contributed by atoms with van der Waals surface area (Å²) in [6, 6.07) is 8.31. The van der Waals surface area contributed by atoms with Gasteiger partial charge in [-0.1, -0.05) is 31.2 Å². The first-order valence-electron chi connectivity index (χ1n) is 6.17. The van der Waals surface area contributed by atoms with Crippen molar-refractivity contribution in [1.29, 1.82) is 0 Å². The molecular formula is C15H19NO. The van der Waals surface area contributed by atoms with Crippen LogP contribution in [0.4, 0.5) is 0 Å². The third-order valence-electron chi connectivity index (χ3n) is 2.78. The van der Waals surface area contributed by atoms with Crippen LogP contribution in [0.25, 0.3) is 17.0 Å². The zero-order valence-electron chi connectivity index (χ0n) is 10.5. The van der Waals surface area contributed by atoms with E-state index < -0.39 is 0 Å². The zero-order valence-corrected chi connectivity index (χ0v) is 10.5. The molecule has 1 aromatic heterocycles. The van der Waals surface area contributed by atoms with Gasteiger partial charge in [0.2, 0.25) is 0 Å². The van der Waals surface area contributed by atoms with E-state index in [4.69, 9.17) is 4.42 Å². The maximum absolute atomic E-state index is 5.80. The Balaban J connectivity index is 2.07. The van der Waals surface area contributed by atoms with Gasteiger partial charge in [-0.3, -0.25) is 0 Å². The van der Waals surface area contributed by atoms with E-state index in [-0.39, 0.29) is 0 Å². The first-order valence-corrected chi connectivity index (χ1v) is 6.17. The number of fused-ring (bicyclic) bond motifs is 1. The van der Waals surface area contributed by atoms with Gasteiger partial charge in [-0.05, 0) is 44.1 Å². The second-order valence-electron chi connectivity index (χ2n) is 4.19. The monoisotopic (exact) mass is 229 g/mol. The number of hydrogen-bond donors (Lipinski definition) is 1. The van der Waals surface area contributed by atoms with Gasteiger partial charge < -0.3 is 9.73 Å². The summed E-state index contributed by atoms with van der Waals surface area (Å²) in [5.41, 5.74) is 2.19. The highest BCUT2D eigenvalue weighted by Gasteiger charge is 2.02. The van der Waals surface area contributed by atoms with Crippen molar-refractivity contribution in [3.8, 4) is 0 Å². The molecule has 2 rings (SSSR count). The van der Waals surface area contributed by atoms with Crippen LogP contribution < -0.4 is 5.32 Å². The van der Waals surface area contributed by atoms with Crippen LogP contribution in [0.3, 0.4) is 0 Å². The largest absolute Gasteiger partial charge is 0.456 e. The highest BCUT2D eigenvalue weighted by molar-refractivity contribution is 5.82. The zero-order chi connectivity index (χ0) is 12.1. The number of nitrogens with one attached hydrogen (secondary N) is 1. The Hall–Kier alpha value is -1.54. The van der Waals surface area contributed by atoms with Crippen LogP contribution in [-0.2, 0) is 0 Å². The Morgan fingerprint density at radius 1 is 1.35 bits per heavy atom. The van der Waals surface area contributed by atoms with E-state index in [0.717, 1.165) is 30.9 Å². The van der Waals surface area contributed by atoms with Gasteiger partial charge in [0.15, 0.2) is 0 Å². The SMILES string of the molecule is CCNCC/C=C/c1cc2cccc(C)c2o1. The Bertz CT molecular complexity index is 511. The van der Waals surface area contributed by atoms with E-state index in [9.17, 15) is 0 Å². The maximum Gasteiger partial charge on any atom is 0.137 e. The molecule has 2 heteroatoms. The van der Waals surface area contributed by atoms with Gasteiger partial charge in [-0.2, -0.15) is 0 Å². The van der Waals surface area contributed by atoms with Gasteiger partial charge in [0.05, 0.1) is 0 Å². The summed E-state index contributed by atoms with van der Waals surface area (Å²) < 4.78 is 5.80. The van der Waals surface area contributed by atoms with Crippen LogP contribution in [0.2, 0.25) is 0 Å². The first kappa shape index (κ1) is 11.9. The molecule has 0 radical (unpaired) electrons. The summed E-state index contributed by atoms with van der Waals surface area (Å²) >= 11 is 0. The van der Waals surface area contributed by atoms with Crippen LogP contribution in [0.5, 0.6) is 0 Å². The molecule has 17 heavy (non-hydrogen) atoms. The predicted molar refractivity (Wildman–Crippen MR) is 73.1 cm³/mol. The molecule has 2 aromatic rings. The summed E-state index contributed by atoms with van der Waals surface area (Å²) in [6.07, 6.45) is 5.23. The lowest BCUT2D eigenvalue weighted by atomic mass is 10.2. The summed E-state index contributed by atoms with van der Waals surface area (Å²) in [6.45, 7) is 6.24. The number of furan rings is 1. The number of benzene rings is 1. The first-order chi connectivity index (χ1) is 8.31. The number of aryl methyl sites for hydroxylation is 1. The molecule has 0 amide bonds. The van der Waals surface area contributed by atoms with Crippen molar-refractivity contribution in [2.24, 2.45) is 0 Å². The molecular weight excluding hydrogens is 210 g/mol. The van der Waals surface area contributed by atoms with E-state index in [1.807, 2.05) is 0 Å². The van der Waals surface area contributed by atoms with Crippen molar-refractivity contribution in [2.75, 3.05) is 13.1 Å². The average molecular weight is 229 g/mol. The van der Waals surface area contributed by atoms with Crippen LogP contribution in [0.1, 0.15) is 24.7 Å². The number of rotatable bonds is 5. The molecule has 0 fully saturated rings. The summed E-state index contributed by atoms with van der Waals surface area (Å²) in [5, 5.41) is 4.47. The molecule has 90 valence electrons. The van der Waals surface area contributed by atoms with Gasteiger partial charge in [0.1, 0.15) is 11.3 Å². The second-order valence-corrected chi connectivity index (χ2v) is 4.19. The fourth-order valence-corrected chi connectivity index (χ4v) is 1.87. The number of hydrogen-bond acceptors (Lipinski definition) is 2. The molecule has 0 bridgehead atoms. The number of para-hydroxylation sites is 1. The Labute approximate surface area is 102 Å². The lowest BCUT2D eigenvalue weighted by Gasteiger charge is -1.94. The molecule has 0 spiro atoms. The topological polar surface area (TPSA) is 25.2 Å². The average Bonchev–Trinajstić information content (AvgIpc) is 2.73. The normalized spacial score (nSPS) is 11.6. The van der Waals surface area contributed by atoms with Crippen LogP contribution in [0.15, 0.2) is 34.8 Å². The minimum absolute atomic E-state index is 0.936. The van der Waals surface area contributed by atoms with Gasteiger partial charge in [-0.25, -0.2) is 0 Å². The highest BCUT2D eigenvalue weighted by Crippen LogP contribution is 2.23. The molecule has 0 unspecified atom stereocenters. The predicted octanol–water partition coefficient (Wildman–Crippen LogP) is 3.75. The standard InChI is InChI=1S/C15H19NO/c1-3-16-10-5-4-9-14-11-13-8-6-7-12(2)15(13)17-14/h4,6-9,11,16H,3,5,10H2,1-2H3/b9-4+. The molecule has 0 saturated heterocycles. The Kier molecular flexibility index (Phi) is 3.99. The van der Waals surface area contributed by atoms with Crippen molar-refractivity contribution < 1.29 is 4.42 Å². The summed E-state index contributed by atoms with van der Waals surface area (Å²) in [4.78, 5) is 0. The molecule has 0 aliphatic rings. The quantitative estimate of drug-likeness (QED) is 0.790. The van der Waals surface area contributed by atoms with Crippen LogP contribution >= 0.6 is 0 Å². The summed E-state index contributed by atoms with van der Waals surface area (Å²) in [5.74, 6) is 0.936. The third kappa shape index (κ3) is 2.98. The minimum Gasteiger partial charge on any atom is -0.456 e. The van der Waals surface area contributed by atoms with Crippen molar-refractivity contribution in [2.45, 2.75) is 20.3 Å². The Morgan fingerprint density at radius 2 is 2.24 bits per heavy atom. The van der Waals surface area contributed by atoms with Crippen LogP contribution in [-0.4, -0.2) is 13.1 Å². The molecule has 1 aromatic carbocycles. The molecule has 2 nitrogen and oxygen atoms in total. The van der Waals surface area contributed by atoms with E-state index >= 15 is 0 Å². The van der Waals surface area contributed by atoms with E-state index in [2.05, 4.69) is 55.6 Å². The Morgan fingerprint density at radius 3 is 3.00 bits per heavy atom.